The number of nitrogens with two attached hydrogens (primary N) is 1. The average molecular weight is 252 g/mol. The Morgan fingerprint density at radius 3 is 2.58 bits per heavy atom. The summed E-state index contributed by atoms with van der Waals surface area (Å²) in [5.74, 6) is 0.619. The summed E-state index contributed by atoms with van der Waals surface area (Å²) in [6, 6.07) is 13.6. The Balaban J connectivity index is 2.15. The van der Waals surface area contributed by atoms with Gasteiger partial charge in [-0.3, -0.25) is 0 Å². The summed E-state index contributed by atoms with van der Waals surface area (Å²) >= 11 is 0. The van der Waals surface area contributed by atoms with Crippen molar-refractivity contribution < 1.29 is 0 Å². The minimum atomic E-state index is 0.243. The summed E-state index contributed by atoms with van der Waals surface area (Å²) in [5.41, 5.74) is 8.53. The first-order valence-corrected chi connectivity index (χ1v) is 6.25. The highest BCUT2D eigenvalue weighted by Crippen LogP contribution is 2.18. The van der Waals surface area contributed by atoms with E-state index in [4.69, 9.17) is 11.0 Å². The van der Waals surface area contributed by atoms with Crippen molar-refractivity contribution in [3.8, 4) is 6.07 Å². The van der Waals surface area contributed by atoms with E-state index in [-0.39, 0.29) is 5.69 Å². The van der Waals surface area contributed by atoms with Gasteiger partial charge in [0.15, 0.2) is 5.69 Å². The van der Waals surface area contributed by atoms with Crippen molar-refractivity contribution in [3.63, 3.8) is 0 Å². The van der Waals surface area contributed by atoms with E-state index in [2.05, 4.69) is 29.4 Å². The van der Waals surface area contributed by atoms with Gasteiger partial charge in [0.2, 0.25) is 0 Å². The molecule has 0 saturated carbocycles. The minimum absolute atomic E-state index is 0.243. The van der Waals surface area contributed by atoms with E-state index >= 15 is 0 Å². The van der Waals surface area contributed by atoms with E-state index in [1.165, 1.54) is 5.56 Å². The molecule has 1 aromatic heterocycles. The van der Waals surface area contributed by atoms with E-state index in [1.807, 2.05) is 18.2 Å². The molecule has 96 valence electrons. The molecule has 0 aliphatic rings. The standard InChI is InChI=1S/C15H16N4/c1-2-3-11-4-6-12(7-5-11)18-15-9-8-13(17)14(10-16)19-15/h4-9H,2-3,17H2,1H3,(H,18,19). The predicted molar refractivity (Wildman–Crippen MR) is 77.1 cm³/mol. The van der Waals surface area contributed by atoms with Crippen molar-refractivity contribution in [2.24, 2.45) is 0 Å². The number of nitrogens with zero attached hydrogens (tertiary/aromatic N) is 2. The van der Waals surface area contributed by atoms with Crippen molar-refractivity contribution in [2.45, 2.75) is 19.8 Å². The van der Waals surface area contributed by atoms with Crippen LogP contribution in [0.3, 0.4) is 0 Å². The molecule has 3 N–H and O–H groups in total. The van der Waals surface area contributed by atoms with Crippen LogP contribution in [0.25, 0.3) is 0 Å². The molecule has 4 heteroatoms. The third-order valence-corrected chi connectivity index (χ3v) is 2.80. The zero-order valence-corrected chi connectivity index (χ0v) is 10.9. The fourth-order valence-corrected chi connectivity index (χ4v) is 1.82. The summed E-state index contributed by atoms with van der Waals surface area (Å²) < 4.78 is 0. The first kappa shape index (κ1) is 12.9. The Morgan fingerprint density at radius 2 is 1.95 bits per heavy atom. The Kier molecular flexibility index (Phi) is 3.99. The number of pyridine rings is 1. The zero-order chi connectivity index (χ0) is 13.7. The second-order valence-electron chi connectivity index (χ2n) is 4.32. The van der Waals surface area contributed by atoms with E-state index < -0.39 is 0 Å². The summed E-state index contributed by atoms with van der Waals surface area (Å²) in [6.07, 6.45) is 2.22. The molecule has 19 heavy (non-hydrogen) atoms. The molecule has 2 rings (SSSR count). The maximum atomic E-state index is 8.88. The van der Waals surface area contributed by atoms with Crippen molar-refractivity contribution in [2.75, 3.05) is 11.1 Å². The number of anilines is 3. The molecule has 0 saturated heterocycles. The lowest BCUT2D eigenvalue weighted by molar-refractivity contribution is 0.922. The van der Waals surface area contributed by atoms with Gasteiger partial charge in [-0.05, 0) is 36.2 Å². The molecule has 4 nitrogen and oxygen atoms in total. The zero-order valence-electron chi connectivity index (χ0n) is 10.9. The summed E-state index contributed by atoms with van der Waals surface area (Å²) in [5, 5.41) is 12.0. The van der Waals surface area contributed by atoms with Crippen molar-refractivity contribution in [3.05, 3.63) is 47.7 Å². The van der Waals surface area contributed by atoms with Gasteiger partial charge in [-0.2, -0.15) is 5.26 Å². The van der Waals surface area contributed by atoms with Gasteiger partial charge >= 0.3 is 0 Å². The number of hydrogen-bond donors (Lipinski definition) is 2. The maximum Gasteiger partial charge on any atom is 0.165 e. The van der Waals surface area contributed by atoms with Crippen LogP contribution in [0.1, 0.15) is 24.6 Å². The van der Waals surface area contributed by atoms with Crippen LogP contribution in [0.2, 0.25) is 0 Å². The van der Waals surface area contributed by atoms with Crippen LogP contribution >= 0.6 is 0 Å². The minimum Gasteiger partial charge on any atom is -0.396 e. The van der Waals surface area contributed by atoms with Gasteiger partial charge in [-0.15, -0.1) is 0 Å². The topological polar surface area (TPSA) is 74.7 Å². The molecule has 0 aliphatic carbocycles. The number of hydrogen-bond acceptors (Lipinski definition) is 4. The van der Waals surface area contributed by atoms with Crippen LogP contribution in [0.15, 0.2) is 36.4 Å². The molecule has 0 spiro atoms. The number of aromatic nitrogens is 1. The van der Waals surface area contributed by atoms with Crippen LogP contribution in [-0.2, 0) is 6.42 Å². The molecule has 1 aromatic carbocycles. The van der Waals surface area contributed by atoms with Crippen LogP contribution in [-0.4, -0.2) is 4.98 Å². The number of nitrogen functional groups attached to an aromatic ring is 1. The lowest BCUT2D eigenvalue weighted by Crippen LogP contribution is -1.99. The second-order valence-corrected chi connectivity index (χ2v) is 4.32. The van der Waals surface area contributed by atoms with Crippen molar-refractivity contribution >= 4 is 17.2 Å². The highest BCUT2D eigenvalue weighted by molar-refractivity contribution is 5.61. The number of aryl methyl sites for hydroxylation is 1. The highest BCUT2D eigenvalue weighted by atomic mass is 15.0. The molecule has 0 aliphatic heterocycles. The van der Waals surface area contributed by atoms with Gasteiger partial charge in [-0.1, -0.05) is 25.5 Å². The highest BCUT2D eigenvalue weighted by Gasteiger charge is 2.02. The number of nitriles is 1. The quantitative estimate of drug-likeness (QED) is 0.876. The van der Waals surface area contributed by atoms with Gasteiger partial charge in [0, 0.05) is 5.69 Å². The summed E-state index contributed by atoms with van der Waals surface area (Å²) in [4.78, 5) is 4.15. The van der Waals surface area contributed by atoms with Gasteiger partial charge in [0.05, 0.1) is 5.69 Å². The predicted octanol–water partition coefficient (Wildman–Crippen LogP) is 3.23. The Hall–Kier alpha value is -2.54. The summed E-state index contributed by atoms with van der Waals surface area (Å²) in [6.45, 7) is 2.16. The Morgan fingerprint density at radius 1 is 1.21 bits per heavy atom. The van der Waals surface area contributed by atoms with Gasteiger partial charge < -0.3 is 11.1 Å². The second kappa shape index (κ2) is 5.87. The molecule has 1 heterocycles. The summed E-state index contributed by atoms with van der Waals surface area (Å²) in [7, 11) is 0. The Bertz CT molecular complexity index is 597. The third kappa shape index (κ3) is 3.23. The lowest BCUT2D eigenvalue weighted by atomic mass is 10.1. The fraction of sp³-hybridized carbons (Fsp3) is 0.200. The number of benzene rings is 1. The smallest absolute Gasteiger partial charge is 0.165 e. The third-order valence-electron chi connectivity index (χ3n) is 2.80. The fourth-order valence-electron chi connectivity index (χ4n) is 1.82. The number of nitrogens with one attached hydrogen (secondary N) is 1. The van der Waals surface area contributed by atoms with E-state index in [1.54, 1.807) is 12.1 Å². The van der Waals surface area contributed by atoms with Crippen LogP contribution in [0, 0.1) is 11.3 Å². The number of rotatable bonds is 4. The van der Waals surface area contributed by atoms with Crippen LogP contribution < -0.4 is 11.1 Å². The molecule has 0 bridgehead atoms. The normalized spacial score (nSPS) is 9.89. The van der Waals surface area contributed by atoms with Gasteiger partial charge in [-0.25, -0.2) is 4.98 Å². The maximum absolute atomic E-state index is 8.88. The van der Waals surface area contributed by atoms with Crippen LogP contribution in [0.4, 0.5) is 17.2 Å². The van der Waals surface area contributed by atoms with Gasteiger partial charge in [0.25, 0.3) is 0 Å². The Labute approximate surface area is 112 Å². The van der Waals surface area contributed by atoms with E-state index in [0.29, 0.717) is 11.5 Å². The van der Waals surface area contributed by atoms with E-state index in [0.717, 1.165) is 18.5 Å². The van der Waals surface area contributed by atoms with Crippen molar-refractivity contribution in [1.29, 1.82) is 5.26 Å². The SMILES string of the molecule is CCCc1ccc(Nc2ccc(N)c(C#N)n2)cc1. The molecular weight excluding hydrogens is 236 g/mol. The van der Waals surface area contributed by atoms with Gasteiger partial charge in [0.1, 0.15) is 11.9 Å². The average Bonchev–Trinajstić information content (AvgIpc) is 2.43. The van der Waals surface area contributed by atoms with Crippen LogP contribution in [0.5, 0.6) is 0 Å². The molecule has 0 unspecified atom stereocenters. The molecule has 0 radical (unpaired) electrons. The molecule has 0 amide bonds. The largest absolute Gasteiger partial charge is 0.396 e. The van der Waals surface area contributed by atoms with E-state index in [9.17, 15) is 0 Å². The first-order valence-electron chi connectivity index (χ1n) is 6.25. The molecule has 0 fully saturated rings. The monoisotopic (exact) mass is 252 g/mol. The first-order chi connectivity index (χ1) is 9.22. The molecule has 0 atom stereocenters. The molecular formula is C15H16N4. The molecule has 2 aromatic rings. The lowest BCUT2D eigenvalue weighted by Gasteiger charge is -2.07. The van der Waals surface area contributed by atoms with Crippen molar-refractivity contribution in [1.82, 2.24) is 4.98 Å².